The molecule has 0 amide bonds. The highest BCUT2D eigenvalue weighted by Crippen LogP contribution is 2.53. The van der Waals surface area contributed by atoms with Crippen molar-refractivity contribution in [3.63, 3.8) is 0 Å². The molecule has 92 valence electrons. The molecule has 0 N–H and O–H groups in total. The Morgan fingerprint density at radius 1 is 1.53 bits per heavy atom. The van der Waals surface area contributed by atoms with Gasteiger partial charge in [-0.15, -0.1) is 0 Å². The van der Waals surface area contributed by atoms with Crippen molar-refractivity contribution in [1.29, 1.82) is 0 Å². The average molecular weight is 232 g/mol. The van der Waals surface area contributed by atoms with Gasteiger partial charge in [0.15, 0.2) is 0 Å². The van der Waals surface area contributed by atoms with E-state index in [4.69, 9.17) is 4.74 Å². The Bertz CT molecular complexity index is 421. The van der Waals surface area contributed by atoms with E-state index in [1.165, 1.54) is 19.3 Å². The van der Waals surface area contributed by atoms with Gasteiger partial charge in [0.25, 0.3) is 0 Å². The van der Waals surface area contributed by atoms with Crippen molar-refractivity contribution >= 4 is 5.97 Å². The van der Waals surface area contributed by atoms with Gasteiger partial charge in [-0.25, -0.2) is 4.79 Å². The Kier molecular flexibility index (Phi) is 2.26. The van der Waals surface area contributed by atoms with E-state index in [1.807, 2.05) is 0 Å². The van der Waals surface area contributed by atoms with Crippen molar-refractivity contribution in [2.45, 2.75) is 45.6 Å². The number of esters is 1. The molecular formula is C15H20O2. The smallest absolute Gasteiger partial charge is 0.334 e. The zero-order valence-corrected chi connectivity index (χ0v) is 10.7. The lowest BCUT2D eigenvalue weighted by atomic mass is 9.60. The van der Waals surface area contributed by atoms with Gasteiger partial charge in [0, 0.05) is 11.5 Å². The number of fused-ring (bicyclic) bond motifs is 2. The van der Waals surface area contributed by atoms with Crippen molar-refractivity contribution in [2.24, 2.45) is 17.3 Å². The van der Waals surface area contributed by atoms with Crippen molar-refractivity contribution in [2.75, 3.05) is 0 Å². The molecule has 0 aromatic carbocycles. The van der Waals surface area contributed by atoms with Crippen LogP contribution in [0.4, 0.5) is 0 Å². The summed E-state index contributed by atoms with van der Waals surface area (Å²) in [6, 6.07) is 0. The lowest BCUT2D eigenvalue weighted by molar-refractivity contribution is -0.140. The molecule has 1 saturated carbocycles. The molecule has 0 unspecified atom stereocenters. The van der Waals surface area contributed by atoms with Crippen LogP contribution in [0.15, 0.2) is 23.8 Å². The summed E-state index contributed by atoms with van der Waals surface area (Å²) in [6.45, 7) is 8.53. The second-order valence-corrected chi connectivity index (χ2v) is 6.17. The molecule has 0 bridgehead atoms. The lowest BCUT2D eigenvalue weighted by Crippen LogP contribution is -2.38. The van der Waals surface area contributed by atoms with E-state index in [9.17, 15) is 4.79 Å². The van der Waals surface area contributed by atoms with Crippen LogP contribution in [0.3, 0.4) is 0 Å². The van der Waals surface area contributed by atoms with Gasteiger partial charge in [-0.05, 0) is 30.6 Å². The summed E-state index contributed by atoms with van der Waals surface area (Å²) in [6.07, 6.45) is 7.13. The van der Waals surface area contributed by atoms with Crippen molar-refractivity contribution < 1.29 is 9.53 Å². The summed E-state index contributed by atoms with van der Waals surface area (Å²) in [7, 11) is 0. The third kappa shape index (κ3) is 1.50. The molecule has 2 fully saturated rings. The minimum atomic E-state index is -0.188. The van der Waals surface area contributed by atoms with Crippen LogP contribution in [0, 0.1) is 17.3 Å². The Hall–Kier alpha value is -1.05. The molecule has 1 heterocycles. The molecular weight excluding hydrogens is 212 g/mol. The van der Waals surface area contributed by atoms with Gasteiger partial charge in [-0.1, -0.05) is 38.5 Å². The quantitative estimate of drug-likeness (QED) is 0.364. The monoisotopic (exact) mass is 232 g/mol. The van der Waals surface area contributed by atoms with Crippen molar-refractivity contribution in [1.82, 2.24) is 0 Å². The summed E-state index contributed by atoms with van der Waals surface area (Å²) in [4.78, 5) is 11.6. The summed E-state index contributed by atoms with van der Waals surface area (Å²) in [5, 5.41) is 0. The summed E-state index contributed by atoms with van der Waals surface area (Å²) in [5.41, 5.74) is 2.45. The van der Waals surface area contributed by atoms with E-state index < -0.39 is 0 Å². The SMILES string of the molecule is C=C1C(=O)O[C@@H]2C[C@]3(C)CCC[C@H](C)C3=C[C@H]12. The van der Waals surface area contributed by atoms with Gasteiger partial charge in [-0.3, -0.25) is 0 Å². The molecule has 1 saturated heterocycles. The Morgan fingerprint density at radius 2 is 2.29 bits per heavy atom. The van der Waals surface area contributed by atoms with Crippen LogP contribution in [-0.4, -0.2) is 12.1 Å². The number of carbonyl (C=O) groups is 1. The highest BCUT2D eigenvalue weighted by molar-refractivity contribution is 5.91. The molecule has 17 heavy (non-hydrogen) atoms. The highest BCUT2D eigenvalue weighted by atomic mass is 16.6. The molecule has 3 rings (SSSR count). The topological polar surface area (TPSA) is 26.3 Å². The van der Waals surface area contributed by atoms with Crippen LogP contribution in [-0.2, 0) is 9.53 Å². The van der Waals surface area contributed by atoms with Crippen LogP contribution in [0.5, 0.6) is 0 Å². The van der Waals surface area contributed by atoms with E-state index in [1.54, 1.807) is 5.57 Å². The molecule has 0 radical (unpaired) electrons. The molecule has 2 nitrogen and oxygen atoms in total. The number of carbonyl (C=O) groups excluding carboxylic acids is 1. The molecule has 0 spiro atoms. The fourth-order valence-corrected chi connectivity index (χ4v) is 3.94. The van der Waals surface area contributed by atoms with E-state index in [-0.39, 0.29) is 23.4 Å². The predicted molar refractivity (Wildman–Crippen MR) is 66.3 cm³/mol. The molecule has 3 aliphatic rings. The number of hydrogen-bond donors (Lipinski definition) is 0. The van der Waals surface area contributed by atoms with Crippen LogP contribution < -0.4 is 0 Å². The fourth-order valence-electron chi connectivity index (χ4n) is 3.94. The van der Waals surface area contributed by atoms with Crippen LogP contribution in [0.2, 0.25) is 0 Å². The molecule has 1 aliphatic heterocycles. The fraction of sp³-hybridized carbons (Fsp3) is 0.667. The standard InChI is InChI=1S/C15H20O2/c1-9-5-4-6-15(3)8-13-11(7-12(9)15)10(2)14(16)17-13/h7,9,11,13H,2,4-6,8H2,1,3H3/t9-,11+,13+,15-/m0/s1. The minimum absolute atomic E-state index is 0.0500. The third-order valence-corrected chi connectivity index (χ3v) is 4.93. The number of hydrogen-bond acceptors (Lipinski definition) is 2. The Balaban J connectivity index is 2.01. The van der Waals surface area contributed by atoms with E-state index in [0.29, 0.717) is 11.5 Å². The first-order valence-electron chi connectivity index (χ1n) is 6.63. The zero-order valence-electron chi connectivity index (χ0n) is 10.7. The van der Waals surface area contributed by atoms with Gasteiger partial charge >= 0.3 is 5.97 Å². The Morgan fingerprint density at radius 3 is 3.06 bits per heavy atom. The minimum Gasteiger partial charge on any atom is -0.458 e. The first kappa shape index (κ1) is 11.1. The number of allylic oxidation sites excluding steroid dienone is 1. The largest absolute Gasteiger partial charge is 0.458 e. The van der Waals surface area contributed by atoms with E-state index in [2.05, 4.69) is 26.5 Å². The summed E-state index contributed by atoms with van der Waals surface area (Å²) < 4.78 is 5.44. The van der Waals surface area contributed by atoms with Crippen LogP contribution in [0.1, 0.15) is 39.5 Å². The van der Waals surface area contributed by atoms with Gasteiger partial charge in [0.2, 0.25) is 0 Å². The van der Waals surface area contributed by atoms with Crippen molar-refractivity contribution in [3.05, 3.63) is 23.8 Å². The van der Waals surface area contributed by atoms with Gasteiger partial charge in [0.1, 0.15) is 6.10 Å². The molecule has 4 atom stereocenters. The maximum absolute atomic E-state index is 11.6. The predicted octanol–water partition coefficient (Wildman–Crippen LogP) is 3.24. The third-order valence-electron chi connectivity index (χ3n) is 4.93. The first-order valence-corrected chi connectivity index (χ1v) is 6.63. The number of rotatable bonds is 0. The van der Waals surface area contributed by atoms with Gasteiger partial charge < -0.3 is 4.74 Å². The second kappa shape index (κ2) is 3.47. The van der Waals surface area contributed by atoms with Crippen LogP contribution in [0.25, 0.3) is 0 Å². The molecule has 2 heteroatoms. The van der Waals surface area contributed by atoms with Gasteiger partial charge in [-0.2, -0.15) is 0 Å². The maximum atomic E-state index is 11.6. The van der Waals surface area contributed by atoms with E-state index in [0.717, 1.165) is 6.42 Å². The molecule has 0 aromatic heterocycles. The van der Waals surface area contributed by atoms with Crippen molar-refractivity contribution in [3.8, 4) is 0 Å². The Labute approximate surface area is 103 Å². The normalized spacial score (nSPS) is 44.8. The van der Waals surface area contributed by atoms with Gasteiger partial charge in [0.05, 0.1) is 0 Å². The molecule has 2 aliphatic carbocycles. The summed E-state index contributed by atoms with van der Waals surface area (Å²) >= 11 is 0. The lowest BCUT2D eigenvalue weighted by Gasteiger charge is -2.45. The first-order chi connectivity index (χ1) is 8.01. The summed E-state index contributed by atoms with van der Waals surface area (Å²) in [5.74, 6) is 0.607. The zero-order chi connectivity index (χ0) is 12.2. The number of ether oxygens (including phenoxy) is 1. The van der Waals surface area contributed by atoms with E-state index >= 15 is 0 Å². The average Bonchev–Trinajstić information content (AvgIpc) is 2.52. The highest BCUT2D eigenvalue weighted by Gasteiger charge is 2.48. The van der Waals surface area contributed by atoms with Crippen LogP contribution >= 0.6 is 0 Å². The second-order valence-electron chi connectivity index (χ2n) is 6.17. The molecule has 0 aromatic rings. The maximum Gasteiger partial charge on any atom is 0.334 e.